The molecule has 0 unspecified atom stereocenters. The molecule has 1 aromatic carbocycles. The van der Waals surface area contributed by atoms with Gasteiger partial charge in [-0.1, -0.05) is 16.8 Å². The van der Waals surface area contributed by atoms with Gasteiger partial charge in [0.25, 0.3) is 5.89 Å². The van der Waals surface area contributed by atoms with Gasteiger partial charge >= 0.3 is 0 Å². The zero-order valence-corrected chi connectivity index (χ0v) is 10.4. The number of nitrogens with two attached hydrogens (primary N) is 1. The van der Waals surface area contributed by atoms with E-state index in [0.717, 1.165) is 0 Å². The first kappa shape index (κ1) is 11.6. The van der Waals surface area contributed by atoms with Crippen molar-refractivity contribution in [3.05, 3.63) is 41.8 Å². The number of anilines is 1. The van der Waals surface area contributed by atoms with Gasteiger partial charge in [0, 0.05) is 23.1 Å². The summed E-state index contributed by atoms with van der Waals surface area (Å²) in [5.41, 5.74) is 7.49. The van der Waals surface area contributed by atoms with Crippen LogP contribution in [0, 0.1) is 0 Å². The first-order chi connectivity index (χ1) is 9.24. The standard InChI is InChI=1S/C12H8ClN5O/c13-7-1-2-9(14)8(5-7)12-17-11(18-19-12)10-6-15-3-4-16-10/h1-6H,14H2. The van der Waals surface area contributed by atoms with Crippen molar-refractivity contribution in [2.75, 3.05) is 5.73 Å². The topological polar surface area (TPSA) is 90.7 Å². The Labute approximate surface area is 113 Å². The van der Waals surface area contributed by atoms with Crippen LogP contribution >= 0.6 is 11.6 Å². The first-order valence-corrected chi connectivity index (χ1v) is 5.77. The molecule has 0 aliphatic heterocycles. The zero-order valence-electron chi connectivity index (χ0n) is 9.62. The quantitative estimate of drug-likeness (QED) is 0.721. The summed E-state index contributed by atoms with van der Waals surface area (Å²) >= 11 is 5.92. The summed E-state index contributed by atoms with van der Waals surface area (Å²) in [6.07, 6.45) is 4.68. The van der Waals surface area contributed by atoms with Crippen LogP contribution in [0.15, 0.2) is 41.3 Å². The largest absolute Gasteiger partial charge is 0.398 e. The number of benzene rings is 1. The van der Waals surface area contributed by atoms with Crippen LogP contribution in [-0.4, -0.2) is 20.1 Å². The van der Waals surface area contributed by atoms with Crippen molar-refractivity contribution in [2.24, 2.45) is 0 Å². The highest BCUT2D eigenvalue weighted by Crippen LogP contribution is 2.28. The number of rotatable bonds is 2. The summed E-state index contributed by atoms with van der Waals surface area (Å²) in [4.78, 5) is 12.3. The van der Waals surface area contributed by atoms with Gasteiger partial charge in [0.15, 0.2) is 0 Å². The lowest BCUT2D eigenvalue weighted by Gasteiger charge is -2.00. The number of hydrogen-bond acceptors (Lipinski definition) is 6. The van der Waals surface area contributed by atoms with E-state index >= 15 is 0 Å². The van der Waals surface area contributed by atoms with Gasteiger partial charge in [0.1, 0.15) is 5.69 Å². The van der Waals surface area contributed by atoms with Gasteiger partial charge in [-0.05, 0) is 18.2 Å². The second-order valence-electron chi connectivity index (χ2n) is 3.75. The molecule has 2 N–H and O–H groups in total. The Morgan fingerprint density at radius 2 is 2.11 bits per heavy atom. The molecule has 19 heavy (non-hydrogen) atoms. The molecule has 0 saturated heterocycles. The maximum Gasteiger partial charge on any atom is 0.260 e. The predicted molar refractivity (Wildman–Crippen MR) is 70.2 cm³/mol. The van der Waals surface area contributed by atoms with Crippen molar-refractivity contribution < 1.29 is 4.52 Å². The highest BCUT2D eigenvalue weighted by Gasteiger charge is 2.14. The van der Waals surface area contributed by atoms with E-state index in [9.17, 15) is 0 Å². The Morgan fingerprint density at radius 1 is 1.21 bits per heavy atom. The molecule has 7 heteroatoms. The Kier molecular flexibility index (Phi) is 2.85. The predicted octanol–water partition coefficient (Wildman–Crippen LogP) is 2.43. The zero-order chi connectivity index (χ0) is 13.2. The highest BCUT2D eigenvalue weighted by molar-refractivity contribution is 6.31. The number of hydrogen-bond donors (Lipinski definition) is 1. The van der Waals surface area contributed by atoms with E-state index in [1.165, 1.54) is 0 Å². The van der Waals surface area contributed by atoms with Crippen molar-refractivity contribution in [1.82, 2.24) is 20.1 Å². The molecule has 2 aromatic heterocycles. The maximum absolute atomic E-state index is 5.92. The van der Waals surface area contributed by atoms with E-state index < -0.39 is 0 Å². The van der Waals surface area contributed by atoms with Crippen LogP contribution in [0.2, 0.25) is 5.02 Å². The third-order valence-electron chi connectivity index (χ3n) is 2.46. The molecule has 0 aliphatic rings. The fourth-order valence-corrected chi connectivity index (χ4v) is 1.74. The molecule has 6 nitrogen and oxygen atoms in total. The van der Waals surface area contributed by atoms with E-state index in [4.69, 9.17) is 21.9 Å². The van der Waals surface area contributed by atoms with Crippen molar-refractivity contribution in [3.63, 3.8) is 0 Å². The second kappa shape index (κ2) is 4.66. The molecular formula is C12H8ClN5O. The number of aromatic nitrogens is 4. The number of nitrogens with zero attached hydrogens (tertiary/aromatic N) is 4. The van der Waals surface area contributed by atoms with Crippen LogP contribution < -0.4 is 5.73 Å². The van der Waals surface area contributed by atoms with Crippen molar-refractivity contribution in [3.8, 4) is 23.0 Å². The molecular weight excluding hydrogens is 266 g/mol. The van der Waals surface area contributed by atoms with E-state index in [-0.39, 0.29) is 0 Å². The SMILES string of the molecule is Nc1ccc(Cl)cc1-c1nc(-c2cnccn2)no1. The number of nitrogen functional groups attached to an aromatic ring is 1. The van der Waals surface area contributed by atoms with Crippen molar-refractivity contribution >= 4 is 17.3 Å². The summed E-state index contributed by atoms with van der Waals surface area (Å²) in [5, 5.41) is 4.39. The van der Waals surface area contributed by atoms with Crippen LogP contribution in [0.3, 0.4) is 0 Å². The normalized spacial score (nSPS) is 10.6. The Morgan fingerprint density at radius 3 is 2.89 bits per heavy atom. The smallest absolute Gasteiger partial charge is 0.260 e. The van der Waals surface area contributed by atoms with Crippen LogP contribution in [0.25, 0.3) is 23.0 Å². The van der Waals surface area contributed by atoms with Gasteiger partial charge in [0.2, 0.25) is 5.82 Å². The molecule has 0 spiro atoms. The van der Waals surface area contributed by atoms with Crippen LogP contribution in [0.5, 0.6) is 0 Å². The fraction of sp³-hybridized carbons (Fsp3) is 0. The lowest BCUT2D eigenvalue weighted by Crippen LogP contribution is -1.90. The third kappa shape index (κ3) is 2.25. The van der Waals surface area contributed by atoms with Gasteiger partial charge in [-0.3, -0.25) is 4.98 Å². The van der Waals surface area contributed by atoms with Gasteiger partial charge in [-0.15, -0.1) is 0 Å². The Balaban J connectivity index is 2.04. The van der Waals surface area contributed by atoms with Crippen molar-refractivity contribution in [1.29, 1.82) is 0 Å². The summed E-state index contributed by atoms with van der Waals surface area (Å²) in [6.45, 7) is 0. The Bertz CT molecular complexity index is 713. The molecule has 3 rings (SSSR count). The molecule has 0 amide bonds. The second-order valence-corrected chi connectivity index (χ2v) is 4.18. The van der Waals surface area contributed by atoms with E-state index in [2.05, 4.69) is 20.1 Å². The highest BCUT2D eigenvalue weighted by atomic mass is 35.5. The van der Waals surface area contributed by atoms with Crippen LogP contribution in [0.4, 0.5) is 5.69 Å². The van der Waals surface area contributed by atoms with Gasteiger partial charge < -0.3 is 10.3 Å². The molecule has 94 valence electrons. The van der Waals surface area contributed by atoms with Crippen molar-refractivity contribution in [2.45, 2.75) is 0 Å². The first-order valence-electron chi connectivity index (χ1n) is 5.39. The average Bonchev–Trinajstić information content (AvgIpc) is 2.92. The summed E-state index contributed by atoms with van der Waals surface area (Å²) in [6, 6.07) is 5.05. The van der Waals surface area contributed by atoms with Crippen LogP contribution in [-0.2, 0) is 0 Å². The summed E-state index contributed by atoms with van der Waals surface area (Å²) in [5.74, 6) is 0.642. The minimum atomic E-state index is 0.292. The lowest BCUT2D eigenvalue weighted by molar-refractivity contribution is 0.432. The molecule has 0 radical (unpaired) electrons. The molecule has 2 heterocycles. The molecule has 0 fully saturated rings. The lowest BCUT2D eigenvalue weighted by atomic mass is 10.2. The van der Waals surface area contributed by atoms with E-state index in [1.54, 1.807) is 36.8 Å². The third-order valence-corrected chi connectivity index (χ3v) is 2.70. The average molecular weight is 274 g/mol. The van der Waals surface area contributed by atoms with Crippen LogP contribution in [0.1, 0.15) is 0 Å². The monoisotopic (exact) mass is 273 g/mol. The maximum atomic E-state index is 5.92. The molecule has 0 aliphatic carbocycles. The summed E-state index contributed by atoms with van der Waals surface area (Å²) < 4.78 is 5.17. The van der Waals surface area contributed by atoms with Gasteiger partial charge in [-0.2, -0.15) is 4.98 Å². The minimum absolute atomic E-state index is 0.292. The number of halogens is 1. The molecule has 0 saturated carbocycles. The molecule has 0 bridgehead atoms. The fourth-order valence-electron chi connectivity index (χ4n) is 1.57. The molecule has 0 atom stereocenters. The molecule has 3 aromatic rings. The Hall–Kier alpha value is -2.47. The van der Waals surface area contributed by atoms with Gasteiger partial charge in [0.05, 0.1) is 11.8 Å². The van der Waals surface area contributed by atoms with E-state index in [0.29, 0.717) is 33.7 Å². The van der Waals surface area contributed by atoms with E-state index in [1.807, 2.05) is 0 Å². The summed E-state index contributed by atoms with van der Waals surface area (Å²) in [7, 11) is 0. The minimum Gasteiger partial charge on any atom is -0.398 e. The van der Waals surface area contributed by atoms with Gasteiger partial charge in [-0.25, -0.2) is 4.98 Å².